The van der Waals surface area contributed by atoms with Gasteiger partial charge >= 0.3 is 5.97 Å². The van der Waals surface area contributed by atoms with Crippen molar-refractivity contribution >= 4 is 23.3 Å². The van der Waals surface area contributed by atoms with Crippen LogP contribution in [0.1, 0.15) is 19.4 Å². The van der Waals surface area contributed by atoms with Gasteiger partial charge in [0.15, 0.2) is 0 Å². The molecule has 0 radical (unpaired) electrons. The van der Waals surface area contributed by atoms with E-state index in [1.54, 1.807) is 17.9 Å². The number of nitrogens with zero attached hydrogens (tertiary/aromatic N) is 1. The number of benzene rings is 1. The third kappa shape index (κ3) is 2.67. The summed E-state index contributed by atoms with van der Waals surface area (Å²) < 4.78 is 0. The van der Waals surface area contributed by atoms with Gasteiger partial charge in [0.05, 0.1) is 0 Å². The topological polar surface area (TPSA) is 40.5 Å². The van der Waals surface area contributed by atoms with E-state index in [0.717, 1.165) is 11.3 Å². The summed E-state index contributed by atoms with van der Waals surface area (Å²) in [6.07, 6.45) is 0. The lowest BCUT2D eigenvalue weighted by molar-refractivity contribution is -0.138. The lowest BCUT2D eigenvalue weighted by Gasteiger charge is -2.27. The molecule has 0 fully saturated rings. The lowest BCUT2D eigenvalue weighted by atomic mass is 10.2. The Morgan fingerprint density at radius 3 is 2.62 bits per heavy atom. The summed E-state index contributed by atoms with van der Waals surface area (Å²) in [5.41, 5.74) is 1.83. The van der Waals surface area contributed by atoms with Crippen molar-refractivity contribution in [1.82, 2.24) is 0 Å². The van der Waals surface area contributed by atoms with Gasteiger partial charge in [-0.15, -0.1) is 0 Å². The van der Waals surface area contributed by atoms with Crippen molar-refractivity contribution in [1.29, 1.82) is 0 Å². The van der Waals surface area contributed by atoms with Crippen LogP contribution in [0.15, 0.2) is 18.2 Å². The smallest absolute Gasteiger partial charge is 0.326 e. The molecule has 0 saturated heterocycles. The quantitative estimate of drug-likeness (QED) is 0.881. The first kappa shape index (κ1) is 12.8. The normalized spacial score (nSPS) is 12.2. The highest BCUT2D eigenvalue weighted by molar-refractivity contribution is 6.31. The second-order valence-electron chi connectivity index (χ2n) is 3.73. The molecule has 0 bridgehead atoms. The molecule has 1 unspecified atom stereocenters. The van der Waals surface area contributed by atoms with E-state index >= 15 is 0 Å². The molecule has 16 heavy (non-hydrogen) atoms. The highest BCUT2D eigenvalue weighted by Gasteiger charge is 2.19. The SMILES string of the molecule is CCN(c1ccc(C)c(Cl)c1)C(C)C(=O)O. The summed E-state index contributed by atoms with van der Waals surface area (Å²) in [4.78, 5) is 12.7. The molecule has 4 heteroatoms. The number of anilines is 1. The Morgan fingerprint density at radius 2 is 2.19 bits per heavy atom. The molecular weight excluding hydrogens is 226 g/mol. The largest absolute Gasteiger partial charge is 0.480 e. The standard InChI is InChI=1S/C12H16ClNO2/c1-4-14(9(3)12(15)16)10-6-5-8(2)11(13)7-10/h5-7,9H,4H2,1-3H3,(H,15,16). The number of aryl methyl sites for hydroxylation is 1. The predicted molar refractivity (Wildman–Crippen MR) is 66.3 cm³/mol. The minimum absolute atomic E-state index is 0.552. The molecule has 0 aliphatic heterocycles. The number of rotatable bonds is 4. The van der Waals surface area contributed by atoms with Crippen LogP contribution in [-0.4, -0.2) is 23.7 Å². The number of hydrogen-bond donors (Lipinski definition) is 1. The molecule has 1 atom stereocenters. The minimum Gasteiger partial charge on any atom is -0.480 e. The summed E-state index contributed by atoms with van der Waals surface area (Å²) in [6, 6.07) is 5.04. The molecule has 0 aliphatic carbocycles. The first-order chi connectivity index (χ1) is 7.47. The average molecular weight is 242 g/mol. The Labute approximate surface area is 101 Å². The van der Waals surface area contributed by atoms with Crippen molar-refractivity contribution in [3.05, 3.63) is 28.8 Å². The van der Waals surface area contributed by atoms with Crippen LogP contribution in [0.3, 0.4) is 0 Å². The van der Waals surface area contributed by atoms with Crippen molar-refractivity contribution in [2.24, 2.45) is 0 Å². The maximum absolute atomic E-state index is 11.0. The maximum Gasteiger partial charge on any atom is 0.326 e. The third-order valence-electron chi connectivity index (χ3n) is 2.65. The molecule has 3 nitrogen and oxygen atoms in total. The molecule has 0 amide bonds. The van der Waals surface area contributed by atoms with Crippen molar-refractivity contribution in [3.63, 3.8) is 0 Å². The Hall–Kier alpha value is -1.22. The molecular formula is C12H16ClNO2. The van der Waals surface area contributed by atoms with Crippen LogP contribution in [0, 0.1) is 6.92 Å². The number of aliphatic carboxylic acids is 1. The van der Waals surface area contributed by atoms with Gasteiger partial charge in [0.2, 0.25) is 0 Å². The van der Waals surface area contributed by atoms with Gasteiger partial charge in [-0.25, -0.2) is 4.79 Å². The first-order valence-corrected chi connectivity index (χ1v) is 5.60. The van der Waals surface area contributed by atoms with E-state index in [1.165, 1.54) is 0 Å². The van der Waals surface area contributed by atoms with Gasteiger partial charge in [-0.05, 0) is 38.5 Å². The fraction of sp³-hybridized carbons (Fsp3) is 0.417. The number of carbonyl (C=O) groups is 1. The molecule has 0 saturated carbocycles. The van der Waals surface area contributed by atoms with Crippen LogP contribution in [0.2, 0.25) is 5.02 Å². The Balaban J connectivity index is 3.04. The molecule has 1 aromatic rings. The van der Waals surface area contributed by atoms with Crippen molar-refractivity contribution in [2.75, 3.05) is 11.4 Å². The van der Waals surface area contributed by atoms with E-state index in [2.05, 4.69) is 0 Å². The van der Waals surface area contributed by atoms with Crippen molar-refractivity contribution < 1.29 is 9.90 Å². The van der Waals surface area contributed by atoms with Gasteiger partial charge in [-0.2, -0.15) is 0 Å². The highest BCUT2D eigenvalue weighted by atomic mass is 35.5. The number of carboxylic acid groups (broad SMARTS) is 1. The molecule has 0 heterocycles. The first-order valence-electron chi connectivity index (χ1n) is 5.23. The van der Waals surface area contributed by atoms with Gasteiger partial charge in [0, 0.05) is 17.3 Å². The second kappa shape index (κ2) is 5.21. The van der Waals surface area contributed by atoms with E-state index in [0.29, 0.717) is 11.6 Å². The monoisotopic (exact) mass is 241 g/mol. The predicted octanol–water partition coefficient (Wildman–Crippen LogP) is 2.95. The van der Waals surface area contributed by atoms with E-state index in [-0.39, 0.29) is 0 Å². The molecule has 0 spiro atoms. The molecule has 1 N–H and O–H groups in total. The Morgan fingerprint density at radius 1 is 1.56 bits per heavy atom. The number of halogens is 1. The number of likely N-dealkylation sites (N-methyl/N-ethyl adjacent to an activating group) is 1. The number of hydrogen-bond acceptors (Lipinski definition) is 2. The van der Waals surface area contributed by atoms with Gasteiger partial charge in [-0.3, -0.25) is 0 Å². The summed E-state index contributed by atoms with van der Waals surface area (Å²) in [5, 5.41) is 9.65. The van der Waals surface area contributed by atoms with Crippen LogP contribution in [0.5, 0.6) is 0 Å². The fourth-order valence-corrected chi connectivity index (χ4v) is 1.75. The molecule has 88 valence electrons. The van der Waals surface area contributed by atoms with Crippen molar-refractivity contribution in [3.8, 4) is 0 Å². The van der Waals surface area contributed by atoms with Crippen LogP contribution in [0.4, 0.5) is 5.69 Å². The fourth-order valence-electron chi connectivity index (χ4n) is 1.57. The van der Waals surface area contributed by atoms with Gasteiger partial charge in [-0.1, -0.05) is 17.7 Å². The highest BCUT2D eigenvalue weighted by Crippen LogP contribution is 2.24. The van der Waals surface area contributed by atoms with Crippen molar-refractivity contribution in [2.45, 2.75) is 26.8 Å². The zero-order chi connectivity index (χ0) is 12.3. The van der Waals surface area contributed by atoms with Gasteiger partial charge in [0.1, 0.15) is 6.04 Å². The Kier molecular flexibility index (Phi) is 4.19. The summed E-state index contributed by atoms with van der Waals surface area (Å²) in [5.74, 6) is -0.835. The van der Waals surface area contributed by atoms with Gasteiger partial charge in [0.25, 0.3) is 0 Å². The molecule has 1 rings (SSSR count). The zero-order valence-electron chi connectivity index (χ0n) is 9.70. The van der Waals surface area contributed by atoms with E-state index < -0.39 is 12.0 Å². The summed E-state index contributed by atoms with van der Waals surface area (Å²) in [6.45, 7) is 6.14. The lowest BCUT2D eigenvalue weighted by Crippen LogP contribution is -2.38. The van der Waals surface area contributed by atoms with E-state index in [9.17, 15) is 4.79 Å². The Bertz CT molecular complexity index is 393. The molecule has 0 aromatic heterocycles. The van der Waals surface area contributed by atoms with Crippen LogP contribution in [-0.2, 0) is 4.79 Å². The van der Waals surface area contributed by atoms with E-state index in [1.807, 2.05) is 26.0 Å². The second-order valence-corrected chi connectivity index (χ2v) is 4.14. The zero-order valence-corrected chi connectivity index (χ0v) is 10.5. The van der Waals surface area contributed by atoms with Crippen LogP contribution < -0.4 is 4.90 Å². The summed E-state index contributed by atoms with van der Waals surface area (Å²) >= 11 is 6.03. The molecule has 0 aliphatic rings. The summed E-state index contributed by atoms with van der Waals surface area (Å²) in [7, 11) is 0. The third-order valence-corrected chi connectivity index (χ3v) is 3.06. The van der Waals surface area contributed by atoms with Gasteiger partial charge < -0.3 is 10.0 Å². The average Bonchev–Trinajstić information content (AvgIpc) is 2.24. The minimum atomic E-state index is -0.835. The maximum atomic E-state index is 11.0. The van der Waals surface area contributed by atoms with E-state index in [4.69, 9.17) is 16.7 Å². The van der Waals surface area contributed by atoms with Crippen LogP contribution in [0.25, 0.3) is 0 Å². The molecule has 1 aromatic carbocycles. The van der Waals surface area contributed by atoms with Crippen LogP contribution >= 0.6 is 11.6 Å². The number of carboxylic acids is 1.